The lowest BCUT2D eigenvalue weighted by Gasteiger charge is -2.38. The normalized spacial score (nSPS) is 19.9. The first-order valence-corrected chi connectivity index (χ1v) is 11.7. The molecule has 2 aliphatic heterocycles. The highest BCUT2D eigenvalue weighted by Gasteiger charge is 2.32. The van der Waals surface area contributed by atoms with Crippen LogP contribution in [0, 0.1) is 5.92 Å². The van der Waals surface area contributed by atoms with Gasteiger partial charge in [0.2, 0.25) is 11.8 Å². The predicted molar refractivity (Wildman–Crippen MR) is 113 cm³/mol. The van der Waals surface area contributed by atoms with Crippen LogP contribution >= 0.6 is 11.8 Å². The molecule has 1 aromatic rings. The molecular weight excluding hydrogens is 386 g/mol. The molecule has 0 bridgehead atoms. The highest BCUT2D eigenvalue weighted by Crippen LogP contribution is 2.29. The summed E-state index contributed by atoms with van der Waals surface area (Å²) in [7, 11) is 0. The Balaban J connectivity index is 1.34. The summed E-state index contributed by atoms with van der Waals surface area (Å²) >= 11 is 1.45. The Morgan fingerprint density at radius 3 is 2.14 bits per heavy atom. The van der Waals surface area contributed by atoms with Gasteiger partial charge in [0.1, 0.15) is 0 Å². The third-order valence-electron chi connectivity index (χ3n) is 6.26. The molecule has 1 saturated carbocycles. The van der Waals surface area contributed by atoms with Crippen molar-refractivity contribution in [3.05, 3.63) is 29.8 Å². The fraction of sp³-hybridized carbons (Fsp3) is 0.591. The molecule has 0 N–H and O–H groups in total. The summed E-state index contributed by atoms with van der Waals surface area (Å²) in [5.41, 5.74) is 0.658. The minimum absolute atomic E-state index is 0.00235. The van der Waals surface area contributed by atoms with Crippen molar-refractivity contribution < 1.29 is 14.4 Å². The molecule has 1 aromatic carbocycles. The number of nitrogens with zero attached hydrogens (tertiary/aromatic N) is 3. The van der Waals surface area contributed by atoms with Gasteiger partial charge in [-0.3, -0.25) is 14.4 Å². The van der Waals surface area contributed by atoms with E-state index in [0.717, 1.165) is 50.1 Å². The number of thioether (sulfide) groups is 1. The standard InChI is InChI=1S/C22H29N3O3S/c26-20(23-10-3-4-11-23)16-29-19-9-2-1-8-18(19)22(28)25-14-12-24(13-15-25)21(27)17-6-5-7-17/h1-2,8-9,17H,3-7,10-16H2. The molecular formula is C22H29N3O3S. The highest BCUT2D eigenvalue weighted by atomic mass is 32.2. The lowest BCUT2D eigenvalue weighted by Crippen LogP contribution is -2.52. The molecule has 1 aliphatic carbocycles. The van der Waals surface area contributed by atoms with E-state index >= 15 is 0 Å². The average Bonchev–Trinajstić information content (AvgIpc) is 3.25. The van der Waals surface area contributed by atoms with Crippen molar-refractivity contribution in [2.45, 2.75) is 37.0 Å². The molecule has 2 heterocycles. The molecule has 2 saturated heterocycles. The summed E-state index contributed by atoms with van der Waals surface area (Å²) < 4.78 is 0. The summed E-state index contributed by atoms with van der Waals surface area (Å²) in [4.78, 5) is 44.4. The number of rotatable bonds is 5. The number of amides is 3. The van der Waals surface area contributed by atoms with Crippen molar-refractivity contribution in [3.8, 4) is 0 Å². The van der Waals surface area contributed by atoms with Crippen LogP contribution in [-0.2, 0) is 9.59 Å². The molecule has 3 fully saturated rings. The molecule has 29 heavy (non-hydrogen) atoms. The van der Waals surface area contributed by atoms with E-state index in [2.05, 4.69) is 0 Å². The molecule has 0 aromatic heterocycles. The molecule has 7 heteroatoms. The van der Waals surface area contributed by atoms with E-state index in [-0.39, 0.29) is 23.6 Å². The number of likely N-dealkylation sites (tertiary alicyclic amines) is 1. The number of piperazine rings is 1. The smallest absolute Gasteiger partial charge is 0.255 e. The van der Waals surface area contributed by atoms with Crippen molar-refractivity contribution in [2.75, 3.05) is 45.0 Å². The third-order valence-corrected chi connectivity index (χ3v) is 7.32. The monoisotopic (exact) mass is 415 g/mol. The molecule has 6 nitrogen and oxygen atoms in total. The number of carbonyl (C=O) groups excluding carboxylic acids is 3. The maximum atomic E-state index is 13.1. The quantitative estimate of drug-likeness (QED) is 0.694. The fourth-order valence-electron chi connectivity index (χ4n) is 4.18. The van der Waals surface area contributed by atoms with Gasteiger partial charge in [0.05, 0.1) is 11.3 Å². The molecule has 3 aliphatic rings. The van der Waals surface area contributed by atoms with Gasteiger partial charge in [0.25, 0.3) is 5.91 Å². The van der Waals surface area contributed by atoms with Crippen molar-refractivity contribution in [2.24, 2.45) is 5.92 Å². The van der Waals surface area contributed by atoms with Gasteiger partial charge < -0.3 is 14.7 Å². The van der Waals surface area contributed by atoms with Crippen LogP contribution in [0.15, 0.2) is 29.2 Å². The Morgan fingerprint density at radius 1 is 0.828 bits per heavy atom. The first-order valence-electron chi connectivity index (χ1n) is 10.7. The molecule has 4 rings (SSSR count). The van der Waals surface area contributed by atoms with Gasteiger partial charge in [-0.2, -0.15) is 0 Å². The van der Waals surface area contributed by atoms with Gasteiger partial charge in [0, 0.05) is 50.1 Å². The first kappa shape index (κ1) is 20.3. The van der Waals surface area contributed by atoms with E-state index < -0.39 is 0 Å². The number of carbonyl (C=O) groups is 3. The van der Waals surface area contributed by atoms with E-state index in [1.165, 1.54) is 11.8 Å². The molecule has 0 unspecified atom stereocenters. The number of hydrogen-bond acceptors (Lipinski definition) is 4. The average molecular weight is 416 g/mol. The van der Waals surface area contributed by atoms with Crippen LogP contribution in [0.2, 0.25) is 0 Å². The second-order valence-electron chi connectivity index (χ2n) is 8.12. The van der Waals surface area contributed by atoms with Gasteiger partial charge in [-0.1, -0.05) is 18.6 Å². The summed E-state index contributed by atoms with van der Waals surface area (Å²) in [6, 6.07) is 7.55. The van der Waals surface area contributed by atoms with Crippen LogP contribution < -0.4 is 0 Å². The van der Waals surface area contributed by atoms with E-state index in [4.69, 9.17) is 0 Å². The third kappa shape index (κ3) is 4.60. The van der Waals surface area contributed by atoms with Crippen LogP contribution in [-0.4, -0.2) is 77.4 Å². The zero-order valence-corrected chi connectivity index (χ0v) is 17.7. The maximum Gasteiger partial charge on any atom is 0.255 e. The number of benzene rings is 1. The zero-order valence-electron chi connectivity index (χ0n) is 16.8. The SMILES string of the molecule is O=C(CSc1ccccc1C(=O)N1CCN(C(=O)C2CCC2)CC1)N1CCCC1. The van der Waals surface area contributed by atoms with Crippen molar-refractivity contribution in [3.63, 3.8) is 0 Å². The minimum Gasteiger partial charge on any atom is -0.342 e. The highest BCUT2D eigenvalue weighted by molar-refractivity contribution is 8.00. The van der Waals surface area contributed by atoms with Gasteiger partial charge in [-0.15, -0.1) is 11.8 Å². The van der Waals surface area contributed by atoms with Gasteiger partial charge in [-0.05, 0) is 37.8 Å². The Morgan fingerprint density at radius 2 is 1.48 bits per heavy atom. The van der Waals surface area contributed by atoms with Crippen molar-refractivity contribution in [1.82, 2.24) is 14.7 Å². The maximum absolute atomic E-state index is 13.1. The lowest BCUT2D eigenvalue weighted by molar-refractivity contribution is -0.139. The second kappa shape index (κ2) is 9.20. The topological polar surface area (TPSA) is 60.9 Å². The zero-order chi connectivity index (χ0) is 20.2. The minimum atomic E-state index is -0.00235. The Hall–Kier alpha value is -2.02. The number of hydrogen-bond donors (Lipinski definition) is 0. The van der Waals surface area contributed by atoms with Crippen molar-refractivity contribution in [1.29, 1.82) is 0 Å². The molecule has 3 amide bonds. The predicted octanol–water partition coefficient (Wildman–Crippen LogP) is 2.49. The second-order valence-corrected chi connectivity index (χ2v) is 9.14. The summed E-state index contributed by atoms with van der Waals surface area (Å²) in [5, 5.41) is 0. The van der Waals surface area contributed by atoms with Crippen LogP contribution in [0.3, 0.4) is 0 Å². The van der Waals surface area contributed by atoms with E-state index in [1.807, 2.05) is 39.0 Å². The first-order chi connectivity index (χ1) is 14.1. The Labute approximate surface area is 176 Å². The summed E-state index contributed by atoms with van der Waals surface area (Å²) in [6.07, 6.45) is 5.35. The van der Waals surface area contributed by atoms with Crippen molar-refractivity contribution >= 4 is 29.5 Å². The van der Waals surface area contributed by atoms with E-state index in [0.29, 0.717) is 37.5 Å². The van der Waals surface area contributed by atoms with E-state index in [9.17, 15) is 14.4 Å². The lowest BCUT2D eigenvalue weighted by atomic mass is 9.84. The molecule has 0 radical (unpaired) electrons. The van der Waals surface area contributed by atoms with Gasteiger partial charge in [0.15, 0.2) is 0 Å². The largest absolute Gasteiger partial charge is 0.342 e. The van der Waals surface area contributed by atoms with Crippen LogP contribution in [0.1, 0.15) is 42.5 Å². The van der Waals surface area contributed by atoms with E-state index in [1.54, 1.807) is 0 Å². The summed E-state index contributed by atoms with van der Waals surface area (Å²) in [6.45, 7) is 4.08. The van der Waals surface area contributed by atoms with Crippen LogP contribution in [0.4, 0.5) is 0 Å². The summed E-state index contributed by atoms with van der Waals surface area (Å²) in [5.74, 6) is 0.992. The fourth-order valence-corrected chi connectivity index (χ4v) is 5.13. The van der Waals surface area contributed by atoms with Crippen LogP contribution in [0.5, 0.6) is 0 Å². The molecule has 0 atom stereocenters. The Bertz CT molecular complexity index is 766. The molecule has 156 valence electrons. The van der Waals surface area contributed by atoms with Crippen LogP contribution in [0.25, 0.3) is 0 Å². The van der Waals surface area contributed by atoms with Gasteiger partial charge >= 0.3 is 0 Å². The van der Waals surface area contributed by atoms with Gasteiger partial charge in [-0.25, -0.2) is 0 Å². The Kier molecular flexibility index (Phi) is 6.43. The molecule has 0 spiro atoms.